The number of hydrogen-bond acceptors (Lipinski definition) is 6. The quantitative estimate of drug-likeness (QED) is 0.807. The van der Waals surface area contributed by atoms with Gasteiger partial charge in [0.05, 0.1) is 17.8 Å². The number of ether oxygens (including phenoxy) is 1. The molecule has 0 amide bonds. The number of aromatic amines is 1. The molecule has 0 spiro atoms. The van der Waals surface area contributed by atoms with Crippen molar-refractivity contribution in [1.82, 2.24) is 9.97 Å². The zero-order valence-electron chi connectivity index (χ0n) is 9.58. The Kier molecular flexibility index (Phi) is 2.58. The van der Waals surface area contributed by atoms with Crippen LogP contribution in [0.3, 0.4) is 0 Å². The second-order valence-corrected chi connectivity index (χ2v) is 4.71. The molecule has 1 aliphatic heterocycles. The van der Waals surface area contributed by atoms with Crippen molar-refractivity contribution in [2.45, 2.75) is 5.92 Å². The Bertz CT molecular complexity index is 755. The summed E-state index contributed by atoms with van der Waals surface area (Å²) in [4.78, 5) is 18.4. The summed E-state index contributed by atoms with van der Waals surface area (Å²) in [5, 5.41) is 13.0. The number of thiophene rings is 1. The number of hydrogen-bond donors (Lipinski definition) is 2. The Balaban J connectivity index is 2.31. The van der Waals surface area contributed by atoms with Crippen molar-refractivity contribution in [3.63, 3.8) is 0 Å². The smallest absolute Gasteiger partial charge is 0.258 e. The molecule has 19 heavy (non-hydrogen) atoms. The van der Waals surface area contributed by atoms with Crippen LogP contribution in [0.4, 0.5) is 0 Å². The van der Waals surface area contributed by atoms with Crippen molar-refractivity contribution in [3.05, 3.63) is 56.1 Å². The lowest BCUT2D eigenvalue weighted by molar-refractivity contribution is 0.375. The van der Waals surface area contributed by atoms with Crippen LogP contribution in [-0.2, 0) is 0 Å². The van der Waals surface area contributed by atoms with Gasteiger partial charge in [0.15, 0.2) is 0 Å². The third-order valence-corrected chi connectivity index (χ3v) is 3.60. The molecule has 0 fully saturated rings. The maximum absolute atomic E-state index is 12.0. The van der Waals surface area contributed by atoms with E-state index < -0.39 is 5.92 Å². The van der Waals surface area contributed by atoms with E-state index in [4.69, 9.17) is 10.5 Å². The van der Waals surface area contributed by atoms with E-state index in [1.807, 2.05) is 22.9 Å². The van der Waals surface area contributed by atoms with Crippen LogP contribution in [0.2, 0.25) is 0 Å². The monoisotopic (exact) mass is 272 g/mol. The van der Waals surface area contributed by atoms with Gasteiger partial charge in [-0.15, -0.1) is 0 Å². The number of fused-ring (bicyclic) bond motifs is 1. The molecule has 0 aromatic carbocycles. The molecular weight excluding hydrogens is 264 g/mol. The molecule has 0 saturated heterocycles. The van der Waals surface area contributed by atoms with Gasteiger partial charge in [-0.3, -0.25) is 4.79 Å². The first-order chi connectivity index (χ1) is 9.22. The normalized spacial score (nSPS) is 17.5. The van der Waals surface area contributed by atoms with E-state index in [9.17, 15) is 10.1 Å². The molecule has 3 N–H and O–H groups in total. The summed E-state index contributed by atoms with van der Waals surface area (Å²) in [5.41, 5.74) is 6.77. The minimum atomic E-state index is -0.530. The van der Waals surface area contributed by atoms with Crippen LogP contribution in [0.25, 0.3) is 0 Å². The van der Waals surface area contributed by atoms with Crippen molar-refractivity contribution in [1.29, 1.82) is 5.26 Å². The fraction of sp³-hybridized carbons (Fsp3) is 0.0833. The van der Waals surface area contributed by atoms with Crippen LogP contribution in [-0.4, -0.2) is 9.97 Å². The molecule has 6 nitrogen and oxygen atoms in total. The van der Waals surface area contributed by atoms with Crippen LogP contribution in [0.1, 0.15) is 17.0 Å². The number of nitriles is 1. The highest BCUT2D eigenvalue weighted by Gasteiger charge is 2.34. The van der Waals surface area contributed by atoms with Gasteiger partial charge in [-0.2, -0.15) is 16.6 Å². The van der Waals surface area contributed by atoms with Gasteiger partial charge in [0.25, 0.3) is 5.56 Å². The van der Waals surface area contributed by atoms with E-state index in [0.29, 0.717) is 5.56 Å². The fourth-order valence-electron chi connectivity index (χ4n) is 2.07. The summed E-state index contributed by atoms with van der Waals surface area (Å²) in [6.45, 7) is 0. The van der Waals surface area contributed by atoms with Gasteiger partial charge in [0.1, 0.15) is 11.6 Å². The number of rotatable bonds is 1. The lowest BCUT2D eigenvalue weighted by atomic mass is 9.87. The van der Waals surface area contributed by atoms with Gasteiger partial charge in [-0.25, -0.2) is 4.98 Å². The van der Waals surface area contributed by atoms with E-state index >= 15 is 0 Å². The van der Waals surface area contributed by atoms with Gasteiger partial charge >= 0.3 is 0 Å². The van der Waals surface area contributed by atoms with Crippen molar-refractivity contribution >= 4 is 11.3 Å². The SMILES string of the molecule is N#CC1=C(N)Oc2nc[nH]c(=O)c2[C@H]1c1ccsc1. The van der Waals surface area contributed by atoms with E-state index in [2.05, 4.69) is 9.97 Å². The van der Waals surface area contributed by atoms with Crippen molar-refractivity contribution in [3.8, 4) is 11.9 Å². The van der Waals surface area contributed by atoms with Gasteiger partial charge in [0.2, 0.25) is 11.8 Å². The lowest BCUT2D eigenvalue weighted by Gasteiger charge is -2.23. The molecule has 1 atom stereocenters. The molecule has 0 unspecified atom stereocenters. The van der Waals surface area contributed by atoms with Crippen molar-refractivity contribution in [2.75, 3.05) is 0 Å². The molecule has 1 aliphatic rings. The van der Waals surface area contributed by atoms with Gasteiger partial charge in [-0.1, -0.05) is 0 Å². The molecule has 0 aliphatic carbocycles. The van der Waals surface area contributed by atoms with Crippen molar-refractivity contribution < 1.29 is 4.74 Å². The average Bonchev–Trinajstić information content (AvgIpc) is 2.91. The highest BCUT2D eigenvalue weighted by Crippen LogP contribution is 2.39. The molecule has 0 radical (unpaired) electrons. The van der Waals surface area contributed by atoms with Gasteiger partial charge in [0, 0.05) is 0 Å². The minimum Gasteiger partial charge on any atom is -0.422 e. The Morgan fingerprint density at radius 2 is 2.42 bits per heavy atom. The Morgan fingerprint density at radius 3 is 3.11 bits per heavy atom. The zero-order chi connectivity index (χ0) is 13.4. The number of nitrogens with one attached hydrogen (secondary N) is 1. The summed E-state index contributed by atoms with van der Waals surface area (Å²) in [7, 11) is 0. The Hall–Kier alpha value is -2.59. The van der Waals surface area contributed by atoms with E-state index in [1.165, 1.54) is 17.7 Å². The zero-order valence-corrected chi connectivity index (χ0v) is 10.4. The third kappa shape index (κ3) is 1.70. The number of nitrogens with two attached hydrogens (primary N) is 1. The topological polar surface area (TPSA) is 105 Å². The first-order valence-corrected chi connectivity index (χ1v) is 6.34. The first kappa shape index (κ1) is 11.5. The highest BCUT2D eigenvalue weighted by molar-refractivity contribution is 7.08. The average molecular weight is 272 g/mol. The summed E-state index contributed by atoms with van der Waals surface area (Å²) in [6, 6.07) is 3.86. The van der Waals surface area contributed by atoms with Crippen molar-refractivity contribution in [2.24, 2.45) is 5.73 Å². The third-order valence-electron chi connectivity index (χ3n) is 2.90. The summed E-state index contributed by atoms with van der Waals surface area (Å²) in [6.07, 6.45) is 1.25. The molecule has 94 valence electrons. The van der Waals surface area contributed by atoms with Crippen LogP contribution in [0.15, 0.2) is 39.4 Å². The van der Waals surface area contributed by atoms with Crippen LogP contribution in [0, 0.1) is 11.3 Å². The maximum atomic E-state index is 12.0. The lowest BCUT2D eigenvalue weighted by Crippen LogP contribution is -2.28. The molecule has 3 rings (SSSR count). The Labute approximate surface area is 111 Å². The molecule has 3 heterocycles. The van der Waals surface area contributed by atoms with Crippen LogP contribution >= 0.6 is 11.3 Å². The minimum absolute atomic E-state index is 0.00991. The molecule has 2 aromatic heterocycles. The highest BCUT2D eigenvalue weighted by atomic mass is 32.1. The maximum Gasteiger partial charge on any atom is 0.258 e. The largest absolute Gasteiger partial charge is 0.422 e. The first-order valence-electron chi connectivity index (χ1n) is 5.39. The standard InChI is InChI=1S/C12H8N4O2S/c13-3-7-8(6-1-2-19-4-6)9-11(17)15-5-16-12(9)18-10(7)14/h1-2,4-5,8H,14H2,(H,15,16,17)/t8-/m0/s1. The summed E-state index contributed by atoms with van der Waals surface area (Å²) in [5.74, 6) is -0.391. The predicted octanol–water partition coefficient (Wildman–Crippen LogP) is 1.05. The Morgan fingerprint density at radius 1 is 1.58 bits per heavy atom. The van der Waals surface area contributed by atoms with E-state index in [-0.39, 0.29) is 22.9 Å². The number of nitrogens with zero attached hydrogens (tertiary/aromatic N) is 2. The summed E-state index contributed by atoms with van der Waals surface area (Å²) >= 11 is 1.48. The molecule has 2 aromatic rings. The molecule has 0 bridgehead atoms. The second kappa shape index (κ2) is 4.26. The number of allylic oxidation sites excluding steroid dienone is 1. The second-order valence-electron chi connectivity index (χ2n) is 3.93. The van der Waals surface area contributed by atoms with Gasteiger partial charge < -0.3 is 15.5 Å². The van der Waals surface area contributed by atoms with Crippen LogP contribution < -0.4 is 16.0 Å². The van der Waals surface area contributed by atoms with E-state index in [1.54, 1.807) is 0 Å². The number of aromatic nitrogens is 2. The number of H-pyrrole nitrogens is 1. The molecular formula is C12H8N4O2S. The molecule has 7 heteroatoms. The molecule has 0 saturated carbocycles. The van der Waals surface area contributed by atoms with Crippen LogP contribution in [0.5, 0.6) is 5.88 Å². The predicted molar refractivity (Wildman–Crippen MR) is 68.5 cm³/mol. The fourth-order valence-corrected chi connectivity index (χ4v) is 2.75. The summed E-state index contributed by atoms with van der Waals surface area (Å²) < 4.78 is 5.25. The van der Waals surface area contributed by atoms with Gasteiger partial charge in [-0.05, 0) is 22.4 Å². The van der Waals surface area contributed by atoms with E-state index in [0.717, 1.165) is 5.56 Å².